The molecule has 0 spiro atoms. The fraction of sp³-hybridized carbons (Fsp3) is 0.571. The lowest BCUT2D eigenvalue weighted by Gasteiger charge is -2.22. The molecule has 2 rings (SSSR count). The number of hydrogen-bond donors (Lipinski definition) is 1. The number of pyridine rings is 1. The van der Waals surface area contributed by atoms with Crippen molar-refractivity contribution in [2.45, 2.75) is 57.0 Å². The van der Waals surface area contributed by atoms with E-state index in [-0.39, 0.29) is 16.6 Å². The second-order valence-electron chi connectivity index (χ2n) is 5.33. The van der Waals surface area contributed by atoms with Crippen LogP contribution >= 0.6 is 0 Å². The van der Waals surface area contributed by atoms with Crippen molar-refractivity contribution in [2.24, 2.45) is 0 Å². The molecule has 0 aliphatic heterocycles. The minimum atomic E-state index is -3.73. The Morgan fingerprint density at radius 2 is 1.95 bits per heavy atom. The van der Waals surface area contributed by atoms with Crippen molar-refractivity contribution in [3.8, 4) is 6.07 Å². The number of aryl methyl sites for hydroxylation is 2. The summed E-state index contributed by atoms with van der Waals surface area (Å²) in [5, 5.41) is 9.04. The molecule has 0 radical (unpaired) electrons. The molecule has 1 heterocycles. The van der Waals surface area contributed by atoms with E-state index in [0.717, 1.165) is 32.1 Å². The Bertz CT molecular complexity index is 641. The van der Waals surface area contributed by atoms with Crippen molar-refractivity contribution < 1.29 is 8.42 Å². The molecule has 1 aromatic rings. The van der Waals surface area contributed by atoms with Crippen LogP contribution in [0.1, 0.15) is 48.9 Å². The van der Waals surface area contributed by atoms with Crippen LogP contribution in [0.4, 0.5) is 0 Å². The van der Waals surface area contributed by atoms with Crippen molar-refractivity contribution in [3.05, 3.63) is 22.9 Å². The molecular weight excluding hydrogens is 274 g/mol. The molecular formula is C14H19N3O2S. The van der Waals surface area contributed by atoms with Crippen LogP contribution in [-0.2, 0) is 10.0 Å². The number of rotatable bonds is 3. The first-order valence-electron chi connectivity index (χ1n) is 6.84. The van der Waals surface area contributed by atoms with Crippen molar-refractivity contribution in [1.29, 1.82) is 5.26 Å². The van der Waals surface area contributed by atoms with Crippen molar-refractivity contribution in [1.82, 2.24) is 9.71 Å². The van der Waals surface area contributed by atoms with Crippen LogP contribution in [0.2, 0.25) is 0 Å². The molecule has 0 aromatic carbocycles. The Morgan fingerprint density at radius 3 is 2.55 bits per heavy atom. The van der Waals surface area contributed by atoms with E-state index in [0.29, 0.717) is 11.3 Å². The summed E-state index contributed by atoms with van der Waals surface area (Å²) in [4.78, 5) is 4.07. The zero-order valence-corrected chi connectivity index (χ0v) is 12.6. The van der Waals surface area contributed by atoms with E-state index in [9.17, 15) is 13.7 Å². The Morgan fingerprint density at radius 1 is 1.30 bits per heavy atom. The summed E-state index contributed by atoms with van der Waals surface area (Å²) in [6.07, 6.45) is 4.94. The number of nitrogens with zero attached hydrogens (tertiary/aromatic N) is 2. The van der Waals surface area contributed by atoms with Gasteiger partial charge in [-0.2, -0.15) is 5.26 Å². The van der Waals surface area contributed by atoms with Gasteiger partial charge in [0.1, 0.15) is 6.07 Å². The second kappa shape index (κ2) is 5.90. The van der Waals surface area contributed by atoms with Crippen LogP contribution in [0.3, 0.4) is 0 Å². The van der Waals surface area contributed by atoms with E-state index in [2.05, 4.69) is 9.71 Å². The maximum Gasteiger partial charge on any atom is 0.259 e. The molecule has 1 aromatic heterocycles. The molecule has 1 aliphatic carbocycles. The van der Waals surface area contributed by atoms with Gasteiger partial charge in [0.2, 0.25) is 0 Å². The fourth-order valence-corrected chi connectivity index (χ4v) is 4.15. The van der Waals surface area contributed by atoms with Crippen molar-refractivity contribution >= 4 is 10.0 Å². The highest BCUT2D eigenvalue weighted by Gasteiger charge is 2.26. The third kappa shape index (κ3) is 3.17. The molecule has 5 nitrogen and oxygen atoms in total. The molecule has 1 aliphatic rings. The molecule has 0 atom stereocenters. The van der Waals surface area contributed by atoms with Gasteiger partial charge in [0.15, 0.2) is 5.03 Å². The third-order valence-corrected chi connectivity index (χ3v) is 5.05. The van der Waals surface area contributed by atoms with Gasteiger partial charge in [0.05, 0.1) is 5.56 Å². The lowest BCUT2D eigenvalue weighted by molar-refractivity contribution is 0.411. The monoisotopic (exact) mass is 293 g/mol. The summed E-state index contributed by atoms with van der Waals surface area (Å²) < 4.78 is 27.6. The predicted molar refractivity (Wildman–Crippen MR) is 75.6 cm³/mol. The molecule has 1 N–H and O–H groups in total. The van der Waals surface area contributed by atoms with Crippen molar-refractivity contribution in [3.63, 3.8) is 0 Å². The van der Waals surface area contributed by atoms with E-state index in [4.69, 9.17) is 0 Å². The topological polar surface area (TPSA) is 82.8 Å². The normalized spacial score (nSPS) is 16.9. The molecule has 0 saturated heterocycles. The largest absolute Gasteiger partial charge is 0.259 e. The summed E-state index contributed by atoms with van der Waals surface area (Å²) in [5.74, 6) is 0. The first kappa shape index (κ1) is 14.9. The first-order valence-corrected chi connectivity index (χ1v) is 8.33. The van der Waals surface area contributed by atoms with Gasteiger partial charge in [0, 0.05) is 11.7 Å². The third-order valence-electron chi connectivity index (χ3n) is 3.60. The zero-order valence-electron chi connectivity index (χ0n) is 11.8. The molecule has 20 heavy (non-hydrogen) atoms. The summed E-state index contributed by atoms with van der Waals surface area (Å²) in [5.41, 5.74) is 1.38. The molecule has 1 fully saturated rings. The van der Waals surface area contributed by atoms with Gasteiger partial charge in [0.25, 0.3) is 10.0 Å². The lowest BCUT2D eigenvalue weighted by atomic mass is 9.96. The van der Waals surface area contributed by atoms with Gasteiger partial charge in [-0.3, -0.25) is 0 Å². The van der Waals surface area contributed by atoms with E-state index in [1.165, 1.54) is 0 Å². The highest BCUT2D eigenvalue weighted by Crippen LogP contribution is 2.22. The molecule has 108 valence electrons. The maximum atomic E-state index is 12.5. The summed E-state index contributed by atoms with van der Waals surface area (Å²) >= 11 is 0. The van der Waals surface area contributed by atoms with E-state index >= 15 is 0 Å². The van der Waals surface area contributed by atoms with Crippen LogP contribution in [0, 0.1) is 25.2 Å². The zero-order chi connectivity index (χ0) is 14.8. The highest BCUT2D eigenvalue weighted by molar-refractivity contribution is 7.89. The SMILES string of the molecule is Cc1cc(C)c(C#N)c(S(=O)(=O)NC2CCCCC2)n1. The molecule has 0 unspecified atom stereocenters. The predicted octanol–water partition coefficient (Wildman–Crippen LogP) is 2.18. The van der Waals surface area contributed by atoms with Gasteiger partial charge in [-0.05, 0) is 38.3 Å². The Kier molecular flexibility index (Phi) is 4.41. The Balaban J connectivity index is 2.36. The van der Waals surface area contributed by atoms with Gasteiger partial charge >= 0.3 is 0 Å². The van der Waals surface area contributed by atoms with Gasteiger partial charge in [-0.25, -0.2) is 18.1 Å². The second-order valence-corrected chi connectivity index (χ2v) is 6.96. The smallest absolute Gasteiger partial charge is 0.239 e. The first-order chi connectivity index (χ1) is 9.44. The van der Waals surface area contributed by atoms with Crippen LogP contribution in [-0.4, -0.2) is 19.4 Å². The number of aromatic nitrogens is 1. The van der Waals surface area contributed by atoms with Crippen LogP contribution < -0.4 is 4.72 Å². The summed E-state index contributed by atoms with van der Waals surface area (Å²) in [6, 6.07) is 3.63. The number of nitriles is 1. The quantitative estimate of drug-likeness (QED) is 0.926. The Labute approximate surface area is 120 Å². The minimum Gasteiger partial charge on any atom is -0.239 e. The summed E-state index contributed by atoms with van der Waals surface area (Å²) in [6.45, 7) is 3.46. The maximum absolute atomic E-state index is 12.5. The molecule has 0 bridgehead atoms. The van der Waals surface area contributed by atoms with E-state index in [1.54, 1.807) is 19.9 Å². The summed E-state index contributed by atoms with van der Waals surface area (Å²) in [7, 11) is -3.73. The van der Waals surface area contributed by atoms with Crippen LogP contribution in [0.25, 0.3) is 0 Å². The average molecular weight is 293 g/mol. The molecule has 0 amide bonds. The van der Waals surface area contributed by atoms with E-state index in [1.807, 2.05) is 6.07 Å². The van der Waals surface area contributed by atoms with E-state index < -0.39 is 10.0 Å². The number of sulfonamides is 1. The van der Waals surface area contributed by atoms with Gasteiger partial charge in [-0.15, -0.1) is 0 Å². The molecule has 6 heteroatoms. The highest BCUT2D eigenvalue weighted by atomic mass is 32.2. The van der Waals surface area contributed by atoms with Crippen LogP contribution in [0.15, 0.2) is 11.1 Å². The minimum absolute atomic E-state index is 0.0390. The standard InChI is InChI=1S/C14H19N3O2S/c1-10-8-11(2)16-14(13(10)9-15)20(18,19)17-12-6-4-3-5-7-12/h8,12,17H,3-7H2,1-2H3. The van der Waals surface area contributed by atoms with Crippen LogP contribution in [0.5, 0.6) is 0 Å². The number of hydrogen-bond acceptors (Lipinski definition) is 4. The van der Waals surface area contributed by atoms with Gasteiger partial charge in [-0.1, -0.05) is 19.3 Å². The fourth-order valence-electron chi connectivity index (χ4n) is 2.63. The molecule has 1 saturated carbocycles. The average Bonchev–Trinajstić information content (AvgIpc) is 2.38. The van der Waals surface area contributed by atoms with Gasteiger partial charge < -0.3 is 0 Å². The Hall–Kier alpha value is -1.45. The van der Waals surface area contributed by atoms with Crippen molar-refractivity contribution in [2.75, 3.05) is 0 Å². The number of nitrogens with one attached hydrogen (secondary N) is 1. The lowest BCUT2D eigenvalue weighted by Crippen LogP contribution is -2.37.